The third-order valence-electron chi connectivity index (χ3n) is 3.52. The van der Waals surface area contributed by atoms with E-state index in [9.17, 15) is 4.79 Å². The van der Waals surface area contributed by atoms with Crippen LogP contribution in [0.1, 0.15) is 35.0 Å². The third-order valence-corrected chi connectivity index (χ3v) is 5.67. The van der Waals surface area contributed by atoms with Crippen LogP contribution in [0.4, 0.5) is 0 Å². The van der Waals surface area contributed by atoms with E-state index in [0.29, 0.717) is 15.6 Å². The summed E-state index contributed by atoms with van der Waals surface area (Å²) < 4.78 is 7.56. The second-order valence-electron chi connectivity index (χ2n) is 5.47. The van der Waals surface area contributed by atoms with Crippen molar-refractivity contribution in [2.24, 2.45) is 0 Å². The van der Waals surface area contributed by atoms with Crippen molar-refractivity contribution < 1.29 is 9.53 Å². The first-order valence-electron chi connectivity index (χ1n) is 7.16. The largest absolute Gasteiger partial charge is 0.422 e. The van der Waals surface area contributed by atoms with E-state index in [1.54, 1.807) is 6.07 Å². The number of carbonyl (C=O) groups is 1. The highest BCUT2D eigenvalue weighted by atomic mass is 79.9. The highest BCUT2D eigenvalue weighted by Crippen LogP contribution is 2.37. The summed E-state index contributed by atoms with van der Waals surface area (Å²) >= 11 is 11.2. The molecule has 0 aliphatic carbocycles. The molecule has 118 valence electrons. The highest BCUT2D eigenvalue weighted by Gasteiger charge is 2.20. The minimum Gasteiger partial charge on any atom is -0.422 e. The minimum atomic E-state index is -0.416. The predicted molar refractivity (Wildman–Crippen MR) is 100 cm³/mol. The van der Waals surface area contributed by atoms with Gasteiger partial charge in [0.25, 0.3) is 0 Å². The van der Waals surface area contributed by atoms with Crippen LogP contribution in [0.2, 0.25) is 5.02 Å². The number of thiophene rings is 1. The summed E-state index contributed by atoms with van der Waals surface area (Å²) in [7, 11) is 0. The Morgan fingerprint density at radius 1 is 1.22 bits per heavy atom. The van der Waals surface area contributed by atoms with Crippen LogP contribution in [0.5, 0.6) is 5.75 Å². The van der Waals surface area contributed by atoms with Gasteiger partial charge >= 0.3 is 5.97 Å². The Morgan fingerprint density at radius 3 is 2.65 bits per heavy atom. The monoisotopic (exact) mass is 408 g/mol. The quantitative estimate of drug-likeness (QED) is 0.357. The SMILES string of the molecule is CC(C)c1cc(Br)ccc1OC(=O)c1sc2ccccc2c1Cl. The number of halogens is 2. The highest BCUT2D eigenvalue weighted by molar-refractivity contribution is 9.10. The van der Waals surface area contributed by atoms with Crippen LogP contribution in [0.15, 0.2) is 46.9 Å². The minimum absolute atomic E-state index is 0.244. The molecule has 0 bridgehead atoms. The standard InChI is InChI=1S/C18H14BrClO2S/c1-10(2)13-9-11(19)7-8-14(13)22-18(21)17-16(20)12-5-3-4-6-15(12)23-17/h3-10H,1-2H3. The molecule has 3 aromatic rings. The van der Waals surface area contributed by atoms with Crippen molar-refractivity contribution >= 4 is 54.9 Å². The summed E-state index contributed by atoms with van der Waals surface area (Å²) in [6, 6.07) is 13.3. The fourth-order valence-corrected chi connectivity index (χ4v) is 4.12. The molecule has 1 heterocycles. The molecule has 1 aromatic heterocycles. The van der Waals surface area contributed by atoms with Crippen molar-refractivity contribution in [1.29, 1.82) is 0 Å². The molecule has 0 saturated carbocycles. The van der Waals surface area contributed by atoms with Gasteiger partial charge in [0.2, 0.25) is 0 Å². The molecule has 0 spiro atoms. The number of ether oxygens (including phenoxy) is 1. The average molecular weight is 410 g/mol. The second kappa shape index (κ2) is 6.63. The van der Waals surface area contributed by atoms with Crippen LogP contribution in [0.3, 0.4) is 0 Å². The molecular weight excluding hydrogens is 396 g/mol. The fourth-order valence-electron chi connectivity index (χ4n) is 2.35. The Balaban J connectivity index is 1.97. The van der Waals surface area contributed by atoms with Gasteiger partial charge in [-0.3, -0.25) is 0 Å². The lowest BCUT2D eigenvalue weighted by Crippen LogP contribution is -2.09. The van der Waals surface area contributed by atoms with Gasteiger partial charge in [0.1, 0.15) is 10.6 Å². The normalized spacial score (nSPS) is 11.2. The Bertz CT molecular complexity index is 886. The van der Waals surface area contributed by atoms with Crippen molar-refractivity contribution in [3.05, 3.63) is 62.4 Å². The van der Waals surface area contributed by atoms with Gasteiger partial charge in [-0.15, -0.1) is 11.3 Å². The maximum atomic E-state index is 12.6. The van der Waals surface area contributed by atoms with Gasteiger partial charge in [0.05, 0.1) is 5.02 Å². The van der Waals surface area contributed by atoms with Gasteiger partial charge in [-0.1, -0.05) is 59.6 Å². The molecule has 0 aliphatic heterocycles. The molecule has 0 unspecified atom stereocenters. The van der Waals surface area contributed by atoms with Crippen LogP contribution in [-0.4, -0.2) is 5.97 Å². The molecule has 2 aromatic carbocycles. The van der Waals surface area contributed by atoms with E-state index in [2.05, 4.69) is 29.8 Å². The van der Waals surface area contributed by atoms with Gasteiger partial charge in [0.15, 0.2) is 0 Å². The number of hydrogen-bond donors (Lipinski definition) is 0. The van der Waals surface area contributed by atoms with E-state index in [-0.39, 0.29) is 5.92 Å². The van der Waals surface area contributed by atoms with Crippen LogP contribution >= 0.6 is 38.9 Å². The Morgan fingerprint density at radius 2 is 1.96 bits per heavy atom. The zero-order chi connectivity index (χ0) is 16.6. The van der Waals surface area contributed by atoms with Crippen LogP contribution < -0.4 is 4.74 Å². The summed E-state index contributed by atoms with van der Waals surface area (Å²) in [5.41, 5.74) is 0.977. The molecule has 5 heteroatoms. The van der Waals surface area contributed by atoms with E-state index in [4.69, 9.17) is 16.3 Å². The molecule has 0 radical (unpaired) electrons. The van der Waals surface area contributed by atoms with Crippen molar-refractivity contribution in [1.82, 2.24) is 0 Å². The summed E-state index contributed by atoms with van der Waals surface area (Å²) in [6.45, 7) is 4.12. The molecular formula is C18H14BrClO2S. The van der Waals surface area contributed by atoms with E-state index in [1.165, 1.54) is 11.3 Å². The zero-order valence-electron chi connectivity index (χ0n) is 12.6. The van der Waals surface area contributed by atoms with Crippen molar-refractivity contribution in [3.8, 4) is 5.75 Å². The third kappa shape index (κ3) is 3.30. The number of esters is 1. The number of fused-ring (bicyclic) bond motifs is 1. The fraction of sp³-hybridized carbons (Fsp3) is 0.167. The van der Waals surface area contributed by atoms with Gasteiger partial charge in [-0.25, -0.2) is 4.79 Å². The van der Waals surface area contributed by atoms with Crippen molar-refractivity contribution in [2.45, 2.75) is 19.8 Å². The second-order valence-corrected chi connectivity index (χ2v) is 7.81. The first-order chi connectivity index (χ1) is 11.0. The smallest absolute Gasteiger partial charge is 0.355 e. The first kappa shape index (κ1) is 16.5. The molecule has 3 rings (SSSR count). The molecule has 0 saturated heterocycles. The summed E-state index contributed by atoms with van der Waals surface area (Å²) in [5.74, 6) is 0.398. The number of carbonyl (C=O) groups excluding carboxylic acids is 1. The molecule has 23 heavy (non-hydrogen) atoms. The van der Waals surface area contributed by atoms with Crippen LogP contribution in [0, 0.1) is 0 Å². The lowest BCUT2D eigenvalue weighted by atomic mass is 10.0. The summed E-state index contributed by atoms with van der Waals surface area (Å²) in [6.07, 6.45) is 0. The maximum Gasteiger partial charge on any atom is 0.355 e. The molecule has 0 fully saturated rings. The Labute approximate surface area is 152 Å². The lowest BCUT2D eigenvalue weighted by Gasteiger charge is -2.13. The van der Waals surface area contributed by atoms with Gasteiger partial charge in [0, 0.05) is 14.6 Å². The summed E-state index contributed by atoms with van der Waals surface area (Å²) in [4.78, 5) is 13.0. The van der Waals surface area contributed by atoms with E-state index in [0.717, 1.165) is 20.1 Å². The lowest BCUT2D eigenvalue weighted by molar-refractivity contribution is 0.0738. The number of rotatable bonds is 3. The molecule has 0 N–H and O–H groups in total. The van der Waals surface area contributed by atoms with E-state index in [1.807, 2.05) is 36.4 Å². The molecule has 0 aliphatic rings. The molecule has 0 amide bonds. The number of benzene rings is 2. The summed E-state index contributed by atoms with van der Waals surface area (Å²) in [5, 5.41) is 1.34. The van der Waals surface area contributed by atoms with Crippen molar-refractivity contribution in [3.63, 3.8) is 0 Å². The Hall–Kier alpha value is -1.36. The van der Waals surface area contributed by atoms with Gasteiger partial charge < -0.3 is 4.74 Å². The first-order valence-corrected chi connectivity index (χ1v) is 9.14. The van der Waals surface area contributed by atoms with Crippen LogP contribution in [-0.2, 0) is 0 Å². The van der Waals surface area contributed by atoms with E-state index < -0.39 is 5.97 Å². The van der Waals surface area contributed by atoms with E-state index >= 15 is 0 Å². The van der Waals surface area contributed by atoms with Crippen molar-refractivity contribution in [2.75, 3.05) is 0 Å². The van der Waals surface area contributed by atoms with Gasteiger partial charge in [-0.05, 0) is 35.7 Å². The predicted octanol–water partition coefficient (Wildman–Crippen LogP) is 6.66. The zero-order valence-corrected chi connectivity index (χ0v) is 15.8. The molecule has 2 nitrogen and oxygen atoms in total. The maximum absolute atomic E-state index is 12.6. The van der Waals surface area contributed by atoms with Gasteiger partial charge in [-0.2, -0.15) is 0 Å². The Kier molecular flexibility index (Phi) is 4.76. The molecule has 0 atom stereocenters. The topological polar surface area (TPSA) is 26.3 Å². The average Bonchev–Trinajstić information content (AvgIpc) is 2.86. The van der Waals surface area contributed by atoms with Crippen LogP contribution in [0.25, 0.3) is 10.1 Å². The number of hydrogen-bond acceptors (Lipinski definition) is 3.